The Labute approximate surface area is 149 Å². The third-order valence-corrected chi connectivity index (χ3v) is 5.59. The van der Waals surface area contributed by atoms with E-state index in [9.17, 15) is 33.8 Å². The monoisotopic (exact) mass is 434 g/mol. The average Bonchev–Trinajstić information content (AvgIpc) is 2.79. The number of aliphatic hydroxyl groups excluding tert-OH is 3. The standard InChI is InChI=1S/C10H16N2O13P2/c13-2-4-1-12(10(17)11-8(4)16)9-7(15)6(14)5(24-9)3-23-27(21,22)25-26(18,19)20/h1,5-7,9,13-15H,2-3H2,(H,21,22)(H,11,16,17)(H2,18,19,20)/t5-,6-,7-,9-/m1/s1. The van der Waals surface area contributed by atoms with Crippen molar-refractivity contribution in [2.45, 2.75) is 31.1 Å². The van der Waals surface area contributed by atoms with Gasteiger partial charge in [0.15, 0.2) is 6.23 Å². The summed E-state index contributed by atoms with van der Waals surface area (Å²) in [7, 11) is -10.6. The fraction of sp³-hybridized carbons (Fsp3) is 0.600. The first-order valence-corrected chi connectivity index (χ1v) is 10.1. The molecule has 0 saturated carbocycles. The summed E-state index contributed by atoms with van der Waals surface area (Å²) < 4.78 is 35.7. The molecule has 2 heterocycles. The van der Waals surface area contributed by atoms with E-state index in [2.05, 4.69) is 8.83 Å². The molecule has 7 N–H and O–H groups in total. The summed E-state index contributed by atoms with van der Waals surface area (Å²) in [4.78, 5) is 51.3. The van der Waals surface area contributed by atoms with Gasteiger partial charge in [-0.25, -0.2) is 13.9 Å². The van der Waals surface area contributed by atoms with E-state index < -0.39 is 64.6 Å². The number of phosphoric acid groups is 2. The van der Waals surface area contributed by atoms with Gasteiger partial charge >= 0.3 is 21.3 Å². The summed E-state index contributed by atoms with van der Waals surface area (Å²) in [6, 6.07) is 0. The van der Waals surface area contributed by atoms with Gasteiger partial charge in [0.2, 0.25) is 0 Å². The predicted molar refractivity (Wildman–Crippen MR) is 82.1 cm³/mol. The number of nitrogens with zero attached hydrogens (tertiary/aromatic N) is 1. The molecule has 1 aromatic heterocycles. The lowest BCUT2D eigenvalue weighted by atomic mass is 10.1. The maximum Gasteiger partial charge on any atom is 0.481 e. The molecule has 0 spiro atoms. The van der Waals surface area contributed by atoms with E-state index in [4.69, 9.17) is 19.6 Å². The minimum Gasteiger partial charge on any atom is -0.391 e. The van der Waals surface area contributed by atoms with Crippen LogP contribution in [0.4, 0.5) is 0 Å². The van der Waals surface area contributed by atoms with Crippen LogP contribution in [0.2, 0.25) is 0 Å². The second kappa shape index (κ2) is 8.03. The Bertz CT molecular complexity index is 890. The number of hydrogen-bond donors (Lipinski definition) is 7. The fourth-order valence-corrected chi connectivity index (χ4v) is 3.85. The number of ether oxygens (including phenoxy) is 1. The molecule has 154 valence electrons. The van der Waals surface area contributed by atoms with Crippen molar-refractivity contribution < 1.29 is 52.7 Å². The van der Waals surface area contributed by atoms with Gasteiger partial charge in [-0.3, -0.25) is 18.9 Å². The highest BCUT2D eigenvalue weighted by atomic mass is 31.3. The SMILES string of the molecule is O=c1[nH]c(=O)n([C@@H]2O[C@H](COP(=O)(O)OP(=O)(O)O)[C@@H](O)[C@H]2O)cc1CO. The van der Waals surface area contributed by atoms with Crippen LogP contribution in [-0.2, 0) is 29.3 Å². The molecule has 5 atom stereocenters. The van der Waals surface area contributed by atoms with E-state index in [1.54, 1.807) is 0 Å². The summed E-state index contributed by atoms with van der Waals surface area (Å²) >= 11 is 0. The molecule has 0 radical (unpaired) electrons. The zero-order valence-corrected chi connectivity index (χ0v) is 15.0. The van der Waals surface area contributed by atoms with Crippen molar-refractivity contribution >= 4 is 15.6 Å². The number of H-pyrrole nitrogens is 1. The molecule has 27 heavy (non-hydrogen) atoms. The quantitative estimate of drug-likeness (QED) is 0.210. The highest BCUT2D eigenvalue weighted by molar-refractivity contribution is 7.60. The highest BCUT2D eigenvalue weighted by Crippen LogP contribution is 2.57. The van der Waals surface area contributed by atoms with Gasteiger partial charge in [-0.05, 0) is 0 Å². The van der Waals surface area contributed by atoms with Crippen LogP contribution in [0.5, 0.6) is 0 Å². The molecule has 17 heteroatoms. The number of rotatable bonds is 7. The Morgan fingerprint density at radius 2 is 1.81 bits per heavy atom. The predicted octanol–water partition coefficient (Wildman–Crippen LogP) is -3.13. The summed E-state index contributed by atoms with van der Waals surface area (Å²) in [6.07, 6.45) is -5.69. The van der Waals surface area contributed by atoms with Crippen LogP contribution in [0.25, 0.3) is 0 Å². The van der Waals surface area contributed by atoms with Gasteiger partial charge in [0.25, 0.3) is 5.56 Å². The number of aliphatic hydroxyl groups is 3. The fourth-order valence-electron chi connectivity index (χ4n) is 2.25. The second-order valence-corrected chi connectivity index (χ2v) is 8.19. The molecule has 15 nitrogen and oxygen atoms in total. The zero-order chi connectivity index (χ0) is 20.6. The van der Waals surface area contributed by atoms with Crippen LogP contribution in [0.3, 0.4) is 0 Å². The van der Waals surface area contributed by atoms with Crippen molar-refractivity contribution in [2.75, 3.05) is 6.61 Å². The maximum atomic E-state index is 11.9. The molecule has 2 rings (SSSR count). The molecular weight excluding hydrogens is 418 g/mol. The molecule has 0 aromatic carbocycles. The first kappa shape index (κ1) is 22.1. The van der Waals surface area contributed by atoms with Crippen molar-refractivity contribution in [3.63, 3.8) is 0 Å². The van der Waals surface area contributed by atoms with Crippen LogP contribution >= 0.6 is 15.6 Å². The van der Waals surface area contributed by atoms with Gasteiger partial charge in [0.05, 0.1) is 18.8 Å². The van der Waals surface area contributed by atoms with Crippen LogP contribution in [0.15, 0.2) is 15.8 Å². The topological polar surface area (TPSA) is 238 Å². The van der Waals surface area contributed by atoms with Gasteiger partial charge in [-0.1, -0.05) is 0 Å². The number of hydrogen-bond acceptors (Lipinski definition) is 10. The van der Waals surface area contributed by atoms with E-state index in [1.165, 1.54) is 0 Å². The van der Waals surface area contributed by atoms with E-state index in [0.717, 1.165) is 6.20 Å². The highest BCUT2D eigenvalue weighted by Gasteiger charge is 2.45. The van der Waals surface area contributed by atoms with Gasteiger partial charge < -0.3 is 34.7 Å². The molecule has 0 amide bonds. The van der Waals surface area contributed by atoms with Crippen LogP contribution in [0, 0.1) is 0 Å². The lowest BCUT2D eigenvalue weighted by Crippen LogP contribution is -2.39. The minimum atomic E-state index is -5.35. The molecule has 1 aliphatic heterocycles. The summed E-state index contributed by atoms with van der Waals surface area (Å²) in [5, 5.41) is 29.0. The van der Waals surface area contributed by atoms with E-state index in [1.807, 2.05) is 4.98 Å². The second-order valence-electron chi connectivity index (χ2n) is 5.36. The third kappa shape index (κ3) is 5.40. The molecule has 1 aliphatic rings. The maximum absolute atomic E-state index is 11.9. The average molecular weight is 434 g/mol. The van der Waals surface area contributed by atoms with Gasteiger partial charge in [0, 0.05) is 6.20 Å². The van der Waals surface area contributed by atoms with Crippen molar-refractivity contribution in [2.24, 2.45) is 0 Å². The number of aromatic nitrogens is 2. The van der Waals surface area contributed by atoms with Crippen molar-refractivity contribution in [1.82, 2.24) is 9.55 Å². The normalized spacial score (nSPS) is 28.2. The molecule has 1 fully saturated rings. The van der Waals surface area contributed by atoms with Gasteiger partial charge in [-0.15, -0.1) is 0 Å². The first-order valence-electron chi connectivity index (χ1n) is 7.05. The van der Waals surface area contributed by atoms with Crippen LogP contribution < -0.4 is 11.2 Å². The lowest BCUT2D eigenvalue weighted by molar-refractivity contribution is -0.0544. The first-order chi connectivity index (χ1) is 12.3. The van der Waals surface area contributed by atoms with Crippen molar-refractivity contribution in [1.29, 1.82) is 0 Å². The zero-order valence-electron chi connectivity index (χ0n) is 13.2. The van der Waals surface area contributed by atoms with E-state index in [-0.39, 0.29) is 5.56 Å². The smallest absolute Gasteiger partial charge is 0.391 e. The molecule has 0 bridgehead atoms. The van der Waals surface area contributed by atoms with Crippen LogP contribution in [-0.4, -0.2) is 64.5 Å². The summed E-state index contributed by atoms with van der Waals surface area (Å²) in [6.45, 7) is -1.69. The van der Waals surface area contributed by atoms with Crippen molar-refractivity contribution in [3.8, 4) is 0 Å². The largest absolute Gasteiger partial charge is 0.481 e. The van der Waals surface area contributed by atoms with Crippen molar-refractivity contribution in [3.05, 3.63) is 32.6 Å². The van der Waals surface area contributed by atoms with Crippen LogP contribution in [0.1, 0.15) is 11.8 Å². The molecule has 0 aliphatic carbocycles. The number of aromatic amines is 1. The molecule has 1 unspecified atom stereocenters. The summed E-state index contributed by atoms with van der Waals surface area (Å²) in [5.41, 5.74) is -2.15. The minimum absolute atomic E-state index is 0.241. The lowest BCUT2D eigenvalue weighted by Gasteiger charge is -2.18. The summed E-state index contributed by atoms with van der Waals surface area (Å²) in [5.74, 6) is 0. The number of phosphoric ester groups is 1. The Balaban J connectivity index is 2.17. The molecule has 1 saturated heterocycles. The third-order valence-electron chi connectivity index (χ3n) is 3.43. The molecule has 1 aromatic rings. The Morgan fingerprint density at radius 1 is 1.19 bits per heavy atom. The Morgan fingerprint density at radius 3 is 2.37 bits per heavy atom. The Hall–Kier alpha value is -1.22. The van der Waals surface area contributed by atoms with E-state index in [0.29, 0.717) is 4.57 Å². The number of nitrogens with one attached hydrogen (secondary N) is 1. The Kier molecular flexibility index (Phi) is 6.56. The van der Waals surface area contributed by atoms with Gasteiger partial charge in [0.1, 0.15) is 18.3 Å². The van der Waals surface area contributed by atoms with Gasteiger partial charge in [-0.2, -0.15) is 4.31 Å². The van der Waals surface area contributed by atoms with E-state index >= 15 is 0 Å². The molecular formula is C10H16N2O13P2.